The van der Waals surface area contributed by atoms with E-state index in [1.165, 1.54) is 10.8 Å². The lowest BCUT2D eigenvalue weighted by atomic mass is 9.79. The molecule has 0 aliphatic carbocycles. The second-order valence-corrected chi connectivity index (χ2v) is 9.20. The summed E-state index contributed by atoms with van der Waals surface area (Å²) in [4.78, 5) is 39.0. The van der Waals surface area contributed by atoms with Crippen molar-refractivity contribution < 1.29 is 19.0 Å². The number of hydrogen-bond donors (Lipinski definition) is 1. The van der Waals surface area contributed by atoms with E-state index in [-0.39, 0.29) is 6.42 Å². The minimum Gasteiger partial charge on any atom is -0.497 e. The van der Waals surface area contributed by atoms with Gasteiger partial charge in [0, 0.05) is 18.2 Å². The third kappa shape index (κ3) is 4.60. The summed E-state index contributed by atoms with van der Waals surface area (Å²) in [5, 5.41) is 0. The smallest absolute Gasteiger partial charge is 0.330 e. The van der Waals surface area contributed by atoms with Gasteiger partial charge in [0.1, 0.15) is 23.7 Å². The summed E-state index contributed by atoms with van der Waals surface area (Å²) in [6, 6.07) is 27.2. The van der Waals surface area contributed by atoms with Crippen LogP contribution in [0.4, 0.5) is 0 Å². The number of aromatic nitrogens is 2. The van der Waals surface area contributed by atoms with Gasteiger partial charge in [-0.15, -0.1) is 0 Å². The number of H-pyrrole nitrogens is 1. The molecule has 8 nitrogen and oxygen atoms in total. The highest BCUT2D eigenvalue weighted by atomic mass is 16.6. The van der Waals surface area contributed by atoms with Crippen LogP contribution in [0.2, 0.25) is 0 Å². The Morgan fingerprint density at radius 1 is 0.921 bits per heavy atom. The maximum absolute atomic E-state index is 12.6. The highest BCUT2D eigenvalue weighted by molar-refractivity contribution is 5.58. The van der Waals surface area contributed by atoms with Crippen molar-refractivity contribution >= 4 is 6.29 Å². The van der Waals surface area contributed by atoms with Crippen molar-refractivity contribution in [1.82, 2.24) is 9.55 Å². The molecule has 0 amide bonds. The maximum atomic E-state index is 12.6. The molecule has 38 heavy (non-hydrogen) atoms. The summed E-state index contributed by atoms with van der Waals surface area (Å²) in [6.07, 6.45) is -0.0852. The van der Waals surface area contributed by atoms with Crippen molar-refractivity contribution in [3.05, 3.63) is 134 Å². The van der Waals surface area contributed by atoms with Crippen LogP contribution < -0.4 is 16.0 Å². The monoisotopic (exact) mass is 512 g/mol. The zero-order valence-corrected chi connectivity index (χ0v) is 21.1. The molecule has 4 aromatic rings. The van der Waals surface area contributed by atoms with Gasteiger partial charge >= 0.3 is 5.69 Å². The van der Waals surface area contributed by atoms with Crippen LogP contribution in [0.15, 0.2) is 101 Å². The zero-order valence-electron chi connectivity index (χ0n) is 21.1. The summed E-state index contributed by atoms with van der Waals surface area (Å²) < 4.78 is 19.7. The molecular weight excluding hydrogens is 484 g/mol. The fourth-order valence-electron chi connectivity index (χ4n) is 4.97. The Balaban J connectivity index is 1.64. The number of carbonyl (C=O) groups is 1. The lowest BCUT2D eigenvalue weighted by Gasteiger charge is -2.38. The van der Waals surface area contributed by atoms with E-state index < -0.39 is 35.3 Å². The lowest BCUT2D eigenvalue weighted by molar-refractivity contribution is -0.130. The predicted octanol–water partition coefficient (Wildman–Crippen LogP) is 3.72. The average molecular weight is 513 g/mol. The van der Waals surface area contributed by atoms with E-state index in [0.717, 1.165) is 16.7 Å². The number of nitrogens with zero attached hydrogens (tertiary/aromatic N) is 1. The molecule has 0 bridgehead atoms. The number of hydrogen-bond acceptors (Lipinski definition) is 6. The Hall–Kier alpha value is -4.27. The molecule has 0 spiro atoms. The summed E-state index contributed by atoms with van der Waals surface area (Å²) in [5.41, 5.74) is 0.745. The van der Waals surface area contributed by atoms with Crippen LogP contribution in [-0.4, -0.2) is 35.2 Å². The third-order valence-corrected chi connectivity index (χ3v) is 6.89. The molecule has 0 saturated carbocycles. The minimum absolute atomic E-state index is 0.215. The summed E-state index contributed by atoms with van der Waals surface area (Å²) in [7, 11) is 1.61. The second kappa shape index (κ2) is 10.6. The van der Waals surface area contributed by atoms with Crippen LogP contribution in [0.1, 0.15) is 34.9 Å². The van der Waals surface area contributed by atoms with Gasteiger partial charge in [0.25, 0.3) is 5.56 Å². The van der Waals surface area contributed by atoms with Crippen LogP contribution >= 0.6 is 0 Å². The van der Waals surface area contributed by atoms with E-state index in [9.17, 15) is 14.4 Å². The highest BCUT2D eigenvalue weighted by Crippen LogP contribution is 2.44. The molecule has 1 N–H and O–H groups in total. The number of ether oxygens (including phenoxy) is 3. The van der Waals surface area contributed by atoms with Crippen molar-refractivity contribution in [3.63, 3.8) is 0 Å². The SMILES string of the molecule is COc1ccc(C(O[C@@H]2C[C@H](n3cc(C)c(=O)[nH]c3=O)O[C@@H]2C=O)(c2ccccc2)c2ccccc2)cc1. The molecule has 0 unspecified atom stereocenters. The van der Waals surface area contributed by atoms with Crippen LogP contribution in [0.25, 0.3) is 0 Å². The van der Waals surface area contributed by atoms with Gasteiger partial charge in [0.2, 0.25) is 0 Å². The van der Waals surface area contributed by atoms with E-state index in [2.05, 4.69) is 4.98 Å². The Bertz CT molecular complexity index is 1470. The normalized spacial score (nSPS) is 19.3. The number of rotatable bonds is 8. The van der Waals surface area contributed by atoms with Crippen molar-refractivity contribution in [2.45, 2.75) is 37.4 Å². The fourth-order valence-corrected chi connectivity index (χ4v) is 4.97. The molecule has 5 rings (SSSR count). The van der Waals surface area contributed by atoms with Gasteiger partial charge in [-0.2, -0.15) is 0 Å². The highest BCUT2D eigenvalue weighted by Gasteiger charge is 2.46. The molecule has 1 saturated heterocycles. The van der Waals surface area contributed by atoms with Gasteiger partial charge in [-0.3, -0.25) is 14.3 Å². The van der Waals surface area contributed by atoms with Gasteiger partial charge in [0.15, 0.2) is 6.29 Å². The van der Waals surface area contributed by atoms with Gasteiger partial charge in [-0.05, 0) is 35.7 Å². The summed E-state index contributed by atoms with van der Waals surface area (Å²) in [5.74, 6) is 0.701. The van der Waals surface area contributed by atoms with Gasteiger partial charge < -0.3 is 19.0 Å². The molecule has 8 heteroatoms. The molecule has 0 radical (unpaired) electrons. The maximum Gasteiger partial charge on any atom is 0.330 e. The van der Waals surface area contributed by atoms with Gasteiger partial charge in [0.05, 0.1) is 13.2 Å². The van der Waals surface area contributed by atoms with Crippen molar-refractivity contribution in [2.24, 2.45) is 0 Å². The van der Waals surface area contributed by atoms with Crippen molar-refractivity contribution in [2.75, 3.05) is 7.11 Å². The Labute approximate surface area is 219 Å². The number of nitrogens with one attached hydrogen (secondary N) is 1. The molecule has 3 aromatic carbocycles. The third-order valence-electron chi connectivity index (χ3n) is 6.89. The summed E-state index contributed by atoms with van der Waals surface area (Å²) >= 11 is 0. The molecule has 1 fully saturated rings. The van der Waals surface area contributed by atoms with Gasteiger partial charge in [-0.1, -0.05) is 72.8 Å². The topological polar surface area (TPSA) is 99.6 Å². The van der Waals surface area contributed by atoms with E-state index in [0.29, 0.717) is 17.6 Å². The number of benzene rings is 3. The predicted molar refractivity (Wildman–Crippen MR) is 141 cm³/mol. The summed E-state index contributed by atoms with van der Waals surface area (Å²) in [6.45, 7) is 1.61. The van der Waals surface area contributed by atoms with Gasteiger partial charge in [-0.25, -0.2) is 4.79 Å². The molecule has 1 aliphatic rings. The van der Waals surface area contributed by atoms with E-state index in [4.69, 9.17) is 14.2 Å². The number of aryl methyl sites for hydroxylation is 1. The van der Waals surface area contributed by atoms with Crippen LogP contribution in [0, 0.1) is 6.92 Å². The Morgan fingerprint density at radius 2 is 1.50 bits per heavy atom. The molecule has 1 aliphatic heterocycles. The van der Waals surface area contributed by atoms with Crippen LogP contribution in [0.3, 0.4) is 0 Å². The first-order valence-electron chi connectivity index (χ1n) is 12.3. The number of aldehydes is 1. The largest absolute Gasteiger partial charge is 0.497 e. The Morgan fingerprint density at radius 3 is 2.05 bits per heavy atom. The zero-order chi connectivity index (χ0) is 26.7. The van der Waals surface area contributed by atoms with E-state index in [1.54, 1.807) is 14.0 Å². The van der Waals surface area contributed by atoms with Crippen molar-refractivity contribution in [1.29, 1.82) is 0 Å². The van der Waals surface area contributed by atoms with E-state index >= 15 is 0 Å². The Kier molecular flexibility index (Phi) is 7.09. The number of aromatic amines is 1. The molecule has 3 atom stereocenters. The van der Waals surface area contributed by atoms with Crippen molar-refractivity contribution in [3.8, 4) is 5.75 Å². The van der Waals surface area contributed by atoms with E-state index in [1.807, 2.05) is 84.9 Å². The standard InChI is InChI=1S/C30H28N2O6/c1-20-18-32(29(35)31-28(20)34)27-17-25(26(19-33)37-27)38-30(21-9-5-3-6-10-21,22-11-7-4-8-12-22)23-13-15-24(36-2)16-14-23/h3-16,18-19,25-27H,17H2,1-2H3,(H,31,34,35)/t25-,26-,27-/m1/s1. The van der Waals surface area contributed by atoms with Crippen LogP contribution in [0.5, 0.6) is 5.75 Å². The minimum atomic E-state index is -1.11. The first-order chi connectivity index (χ1) is 18.5. The quantitative estimate of drug-likeness (QED) is 0.285. The molecular formula is C30H28N2O6. The number of methoxy groups -OCH3 is 1. The fraction of sp³-hybridized carbons (Fsp3) is 0.233. The first-order valence-corrected chi connectivity index (χ1v) is 12.3. The molecule has 2 heterocycles. The first kappa shape index (κ1) is 25.4. The second-order valence-electron chi connectivity index (χ2n) is 9.20. The lowest BCUT2D eigenvalue weighted by Crippen LogP contribution is -2.40. The molecule has 194 valence electrons. The van der Waals surface area contributed by atoms with Crippen LogP contribution in [-0.2, 0) is 19.9 Å². The average Bonchev–Trinajstić information content (AvgIpc) is 3.37. The molecule has 1 aromatic heterocycles. The number of carbonyl (C=O) groups excluding carboxylic acids is 1.